The molecule has 4 rings (SSSR count). The summed E-state index contributed by atoms with van der Waals surface area (Å²) in [6.45, 7) is 0. The zero-order valence-corrected chi connectivity index (χ0v) is 15.6. The number of nitrogens with zero attached hydrogens (tertiary/aromatic N) is 3. The van der Waals surface area contributed by atoms with Crippen LogP contribution in [0.1, 0.15) is 43.8 Å². The molecule has 1 fully saturated rings. The van der Waals surface area contributed by atoms with Gasteiger partial charge in [-0.2, -0.15) is 0 Å². The monoisotopic (exact) mass is 378 g/mol. The number of hydrogen-bond donors (Lipinski definition) is 1. The Kier molecular flexibility index (Phi) is 4.86. The van der Waals surface area contributed by atoms with E-state index in [1.165, 1.54) is 24.1 Å². The highest BCUT2D eigenvalue weighted by atomic mass is 32.2. The zero-order valence-electron chi connectivity index (χ0n) is 13.1. The third-order valence-corrected chi connectivity index (χ3v) is 7.16. The molecule has 0 spiro atoms. The number of thiazole rings is 1. The van der Waals surface area contributed by atoms with Gasteiger partial charge in [-0.3, -0.25) is 4.57 Å². The number of thiophene rings is 1. The lowest BCUT2D eigenvalue weighted by molar-refractivity contribution is 0.330. The quantitative estimate of drug-likeness (QED) is 0.661. The van der Waals surface area contributed by atoms with Gasteiger partial charge in [-0.25, -0.2) is 14.9 Å². The molecule has 3 aromatic heterocycles. The number of thioether (sulfide) groups is 1. The number of nitrogens with one attached hydrogen (secondary N) is 1. The maximum Gasteiger partial charge on any atom is 0.344 e. The van der Waals surface area contributed by atoms with E-state index in [0.717, 1.165) is 34.5 Å². The van der Waals surface area contributed by atoms with Crippen molar-refractivity contribution in [2.45, 2.75) is 49.1 Å². The SMILES string of the molecule is O=c1[nH]nc(SCc2csc(-c3cccs3)n2)n1C1CCCCC1. The van der Waals surface area contributed by atoms with Crippen molar-refractivity contribution in [2.75, 3.05) is 0 Å². The first kappa shape index (κ1) is 16.1. The van der Waals surface area contributed by atoms with Crippen LogP contribution in [0.25, 0.3) is 9.88 Å². The average Bonchev–Trinajstić information content (AvgIpc) is 3.34. The molecule has 1 N–H and O–H groups in total. The molecule has 5 nitrogen and oxygen atoms in total. The first-order valence-electron chi connectivity index (χ1n) is 8.09. The Hall–Kier alpha value is -1.38. The van der Waals surface area contributed by atoms with Gasteiger partial charge in [0, 0.05) is 17.2 Å². The van der Waals surface area contributed by atoms with Crippen molar-refractivity contribution in [1.82, 2.24) is 19.7 Å². The molecule has 24 heavy (non-hydrogen) atoms. The van der Waals surface area contributed by atoms with Crippen LogP contribution in [0, 0.1) is 0 Å². The van der Waals surface area contributed by atoms with E-state index >= 15 is 0 Å². The number of rotatable bonds is 5. The highest BCUT2D eigenvalue weighted by molar-refractivity contribution is 7.98. The maximum atomic E-state index is 12.1. The van der Waals surface area contributed by atoms with Gasteiger partial charge in [-0.15, -0.1) is 27.8 Å². The molecule has 0 saturated heterocycles. The molecule has 8 heteroatoms. The van der Waals surface area contributed by atoms with Gasteiger partial charge >= 0.3 is 5.69 Å². The van der Waals surface area contributed by atoms with Gasteiger partial charge in [-0.1, -0.05) is 37.1 Å². The summed E-state index contributed by atoms with van der Waals surface area (Å²) in [5.74, 6) is 0.735. The number of H-pyrrole nitrogens is 1. The average molecular weight is 379 g/mol. The predicted molar refractivity (Wildman–Crippen MR) is 100.0 cm³/mol. The molecule has 0 unspecified atom stereocenters. The van der Waals surface area contributed by atoms with Crippen molar-refractivity contribution in [2.24, 2.45) is 0 Å². The fraction of sp³-hybridized carbons (Fsp3) is 0.438. The summed E-state index contributed by atoms with van der Waals surface area (Å²) in [5.41, 5.74) is 0.959. The molecule has 1 aliphatic rings. The Balaban J connectivity index is 1.47. The van der Waals surface area contributed by atoms with E-state index in [1.54, 1.807) is 34.4 Å². The van der Waals surface area contributed by atoms with E-state index in [4.69, 9.17) is 4.98 Å². The first-order chi connectivity index (χ1) is 11.8. The fourth-order valence-electron chi connectivity index (χ4n) is 3.08. The molecule has 0 atom stereocenters. The van der Waals surface area contributed by atoms with E-state index in [9.17, 15) is 4.79 Å². The van der Waals surface area contributed by atoms with Crippen LogP contribution in [0.3, 0.4) is 0 Å². The van der Waals surface area contributed by atoms with Crippen LogP contribution >= 0.6 is 34.4 Å². The molecule has 1 aliphatic carbocycles. The molecule has 0 aliphatic heterocycles. The minimum atomic E-state index is -0.0815. The van der Waals surface area contributed by atoms with Crippen molar-refractivity contribution in [3.8, 4) is 9.88 Å². The van der Waals surface area contributed by atoms with Crippen molar-refractivity contribution < 1.29 is 0 Å². The van der Waals surface area contributed by atoms with Crippen molar-refractivity contribution >= 4 is 34.4 Å². The summed E-state index contributed by atoms with van der Waals surface area (Å²) in [4.78, 5) is 18.0. The summed E-state index contributed by atoms with van der Waals surface area (Å²) in [6, 6.07) is 4.43. The fourth-order valence-corrected chi connectivity index (χ4v) is 5.72. The molecule has 0 radical (unpaired) electrons. The van der Waals surface area contributed by atoms with Crippen LogP contribution < -0.4 is 5.69 Å². The molecular weight excluding hydrogens is 360 g/mol. The van der Waals surface area contributed by atoms with Crippen molar-refractivity contribution in [3.63, 3.8) is 0 Å². The summed E-state index contributed by atoms with van der Waals surface area (Å²) < 4.78 is 1.86. The molecular formula is C16H18N4OS3. The first-order valence-corrected chi connectivity index (χ1v) is 10.8. The molecule has 126 valence electrons. The molecule has 1 saturated carbocycles. The molecule has 0 aromatic carbocycles. The molecule has 0 bridgehead atoms. The molecule has 3 aromatic rings. The highest BCUT2D eigenvalue weighted by Gasteiger charge is 2.21. The zero-order chi connectivity index (χ0) is 16.4. The van der Waals surface area contributed by atoms with Gasteiger partial charge in [0.1, 0.15) is 5.01 Å². The van der Waals surface area contributed by atoms with Crippen LogP contribution in [-0.2, 0) is 5.75 Å². The number of aromatic nitrogens is 4. The number of aromatic amines is 1. The largest absolute Gasteiger partial charge is 0.344 e. The van der Waals surface area contributed by atoms with E-state index in [0.29, 0.717) is 6.04 Å². The predicted octanol–water partition coefficient (Wildman–Crippen LogP) is 4.55. The van der Waals surface area contributed by atoms with Crippen LogP contribution in [0.15, 0.2) is 32.8 Å². The van der Waals surface area contributed by atoms with E-state index in [-0.39, 0.29) is 5.69 Å². The van der Waals surface area contributed by atoms with Gasteiger partial charge < -0.3 is 0 Å². The Morgan fingerprint density at radius 3 is 2.96 bits per heavy atom. The Labute approximate surface area is 152 Å². The van der Waals surface area contributed by atoms with Gasteiger partial charge in [0.25, 0.3) is 0 Å². The Bertz CT molecular complexity index is 843. The second-order valence-corrected chi connectivity index (χ2v) is 8.63. The summed E-state index contributed by atoms with van der Waals surface area (Å²) in [7, 11) is 0. The minimum Gasteiger partial charge on any atom is -0.267 e. The topological polar surface area (TPSA) is 63.6 Å². The van der Waals surface area contributed by atoms with E-state index in [2.05, 4.69) is 27.0 Å². The van der Waals surface area contributed by atoms with Gasteiger partial charge in [0.05, 0.1) is 10.6 Å². The third-order valence-electron chi connectivity index (χ3n) is 4.24. The highest BCUT2D eigenvalue weighted by Crippen LogP contribution is 2.32. The van der Waals surface area contributed by atoms with E-state index in [1.807, 2.05) is 10.6 Å². The van der Waals surface area contributed by atoms with Gasteiger partial charge in [0.15, 0.2) is 5.16 Å². The maximum absolute atomic E-state index is 12.1. The van der Waals surface area contributed by atoms with Crippen molar-refractivity contribution in [1.29, 1.82) is 0 Å². The van der Waals surface area contributed by atoms with Crippen LogP contribution in [0.4, 0.5) is 0 Å². The van der Waals surface area contributed by atoms with Crippen LogP contribution in [0.5, 0.6) is 0 Å². The van der Waals surface area contributed by atoms with E-state index < -0.39 is 0 Å². The lowest BCUT2D eigenvalue weighted by Crippen LogP contribution is -2.24. The Morgan fingerprint density at radius 1 is 1.29 bits per heavy atom. The normalized spacial score (nSPS) is 15.8. The Morgan fingerprint density at radius 2 is 2.17 bits per heavy atom. The van der Waals surface area contributed by atoms with Crippen LogP contribution in [-0.4, -0.2) is 19.7 Å². The second kappa shape index (κ2) is 7.25. The summed E-state index contributed by atoms with van der Waals surface area (Å²) in [6.07, 6.45) is 5.82. The van der Waals surface area contributed by atoms with Gasteiger partial charge in [0.2, 0.25) is 0 Å². The molecule has 3 heterocycles. The van der Waals surface area contributed by atoms with Crippen molar-refractivity contribution in [3.05, 3.63) is 39.1 Å². The second-order valence-electron chi connectivity index (χ2n) is 5.88. The van der Waals surface area contributed by atoms with Gasteiger partial charge in [-0.05, 0) is 24.3 Å². The summed E-state index contributed by atoms with van der Waals surface area (Å²) >= 11 is 4.97. The smallest absolute Gasteiger partial charge is 0.267 e. The summed E-state index contributed by atoms with van der Waals surface area (Å²) in [5, 5.41) is 12.9. The standard InChI is InChI=1S/C16H18N4OS3/c21-15-18-19-16(20(15)12-5-2-1-3-6-12)24-10-11-9-23-14(17-11)13-7-4-8-22-13/h4,7-9,12H,1-3,5-6,10H2,(H,18,21). The molecule has 0 amide bonds. The lowest BCUT2D eigenvalue weighted by atomic mass is 9.95. The lowest BCUT2D eigenvalue weighted by Gasteiger charge is -2.22. The third kappa shape index (κ3) is 3.36. The van der Waals surface area contributed by atoms with Crippen LogP contribution in [0.2, 0.25) is 0 Å². The number of hydrogen-bond acceptors (Lipinski definition) is 6. The minimum absolute atomic E-state index is 0.0815.